The normalized spacial score (nSPS) is 14.4. The van der Waals surface area contributed by atoms with Crippen molar-refractivity contribution in [3.05, 3.63) is 102 Å². The first kappa shape index (κ1) is 66.6. The average Bonchev–Trinajstić information content (AvgIpc) is 3.91. The molecule has 4 rings (SSSR count). The summed E-state index contributed by atoms with van der Waals surface area (Å²) in [6, 6.07) is 10.7. The third-order valence-electron chi connectivity index (χ3n) is 12.7. The van der Waals surface area contributed by atoms with Crippen LogP contribution in [0.15, 0.2) is 85.1 Å². The molecule has 0 aliphatic carbocycles. The highest BCUT2D eigenvalue weighted by atomic mass is 32.3. The monoisotopic (exact) mass is 1180 g/mol. The van der Waals surface area contributed by atoms with Gasteiger partial charge in [0.25, 0.3) is 17.7 Å². The second-order valence-electron chi connectivity index (χ2n) is 19.0. The molecule has 3 aromatic carbocycles. The van der Waals surface area contributed by atoms with Crippen LogP contribution >= 0.6 is 23.5 Å². The van der Waals surface area contributed by atoms with Crippen LogP contribution in [0.2, 0.25) is 0 Å². The van der Waals surface area contributed by atoms with Crippen molar-refractivity contribution in [1.29, 1.82) is 0 Å². The maximum atomic E-state index is 15.2. The molecule has 8 amide bonds. The Labute approximate surface area is 477 Å². The molecule has 1 aromatic heterocycles. The highest BCUT2D eigenvalue weighted by Crippen LogP contribution is 2.22. The zero-order chi connectivity index (χ0) is 59.8. The summed E-state index contributed by atoms with van der Waals surface area (Å²) in [7, 11) is -5.36. The lowest BCUT2D eigenvalue weighted by Gasteiger charge is -2.31. The van der Waals surface area contributed by atoms with Gasteiger partial charge >= 0.3 is 16.4 Å². The number of hydrogen-bond donors (Lipinski definition) is 12. The zero-order valence-electron chi connectivity index (χ0n) is 45.0. The Hall–Kier alpha value is -6.92. The van der Waals surface area contributed by atoms with Gasteiger partial charge in [0.2, 0.25) is 29.5 Å². The Morgan fingerprint density at radius 2 is 1.28 bits per heavy atom. The lowest BCUT2D eigenvalue weighted by Crippen LogP contribution is -2.63. The maximum absolute atomic E-state index is 15.2. The number of primary amides is 1. The molecule has 0 radical (unpaired) electrons. The molecule has 442 valence electrons. The topological polar surface area (TPSA) is 415 Å². The van der Waals surface area contributed by atoms with Crippen molar-refractivity contribution in [2.45, 2.75) is 120 Å². The van der Waals surface area contributed by atoms with Gasteiger partial charge in [-0.2, -0.15) is 31.9 Å². The molecular weight excluding hydrogens is 1110 g/mol. The third kappa shape index (κ3) is 22.2. The number of aromatic nitrogens is 1. The Morgan fingerprint density at radius 1 is 0.679 bits per heavy atom. The van der Waals surface area contributed by atoms with Gasteiger partial charge in [0.1, 0.15) is 36.0 Å². The molecule has 28 heteroatoms. The second kappa shape index (κ2) is 33.1. The largest absolute Gasteiger partial charge is 0.508 e. The molecule has 0 bridgehead atoms. The summed E-state index contributed by atoms with van der Waals surface area (Å²) in [5, 5.41) is 32.9. The number of carboxylic acid groups (broad SMARTS) is 1. The van der Waals surface area contributed by atoms with Crippen LogP contribution in [-0.2, 0) is 77.0 Å². The Kier molecular flexibility index (Phi) is 27.2. The summed E-state index contributed by atoms with van der Waals surface area (Å²) in [4.78, 5) is 127. The number of aliphatic carboxylic acids is 1. The molecule has 1 heterocycles. The van der Waals surface area contributed by atoms with E-state index in [1.54, 1.807) is 73.2 Å². The lowest BCUT2D eigenvalue weighted by atomic mass is 10.0. The summed E-state index contributed by atoms with van der Waals surface area (Å²) in [5.41, 5.74) is 20.1. The van der Waals surface area contributed by atoms with Gasteiger partial charge in [-0.05, 0) is 104 Å². The number of benzene rings is 3. The summed E-state index contributed by atoms with van der Waals surface area (Å²) >= 11 is 2.62. The number of aromatic amines is 1. The predicted octanol–water partition coefficient (Wildman–Crippen LogP) is 0.570. The number of aromatic hydroxyl groups is 1. The van der Waals surface area contributed by atoms with Gasteiger partial charge in [0.05, 0.1) is 24.5 Å². The highest BCUT2D eigenvalue weighted by molar-refractivity contribution is 7.98. The van der Waals surface area contributed by atoms with E-state index in [4.69, 9.17) is 21.4 Å². The standard InChI is InChI=1S/C53H72N10O15S3/c1-31(78-81(75,76)77)46(62-49(70)40(21-24-79-2)60-48(69)37(54)26-33-17-19-35(64)20-18-33)50(71)61-43(28-34-30-58-39-15-10-9-14-36(34)39)53(74)63(51(72)38(55)29-45(66)67)52(73)41(22-25-80-3)57-23-11-5-8-16-44(65)59-42(47(56)68)27-32-12-6-4-7-13-32/h4,6-7,9-10,12-15,17-20,30-31,37-38,40-43,46,57-58,64H,5,8,11,16,21-29,54-55H2,1-3H3,(H2,56,68)(H,59,65)(H,60,69)(H,61,71)(H,62,70)(H,66,67)(H,75,76,77)/t31-,37+,38+,40+,41+,42?,43+,46+/m1/s1. The number of carbonyl (C=O) groups excluding carboxylic acids is 8. The van der Waals surface area contributed by atoms with Crippen molar-refractivity contribution in [1.82, 2.24) is 36.5 Å². The summed E-state index contributed by atoms with van der Waals surface area (Å²) in [6.07, 6.45) is 2.80. The molecule has 0 aliphatic rings. The molecule has 0 spiro atoms. The number of H-pyrrole nitrogens is 1. The van der Waals surface area contributed by atoms with E-state index in [1.165, 1.54) is 41.9 Å². The minimum atomic E-state index is -5.36. The maximum Gasteiger partial charge on any atom is 0.397 e. The molecule has 15 N–H and O–H groups in total. The van der Waals surface area contributed by atoms with Crippen molar-refractivity contribution in [3.63, 3.8) is 0 Å². The lowest BCUT2D eigenvalue weighted by molar-refractivity contribution is -0.159. The van der Waals surface area contributed by atoms with Crippen molar-refractivity contribution in [3.8, 4) is 5.75 Å². The van der Waals surface area contributed by atoms with Gasteiger partial charge in [0, 0.05) is 36.4 Å². The Morgan fingerprint density at radius 3 is 1.91 bits per heavy atom. The van der Waals surface area contributed by atoms with E-state index in [2.05, 4.69) is 31.6 Å². The van der Waals surface area contributed by atoms with E-state index in [0.717, 1.165) is 12.5 Å². The molecular formula is C53H72N10O15S3. The minimum Gasteiger partial charge on any atom is -0.508 e. The summed E-state index contributed by atoms with van der Waals surface area (Å²) in [6.45, 7) is 1.10. The van der Waals surface area contributed by atoms with E-state index < -0.39 is 125 Å². The molecule has 25 nitrogen and oxygen atoms in total. The first-order chi connectivity index (χ1) is 38.4. The molecule has 1 unspecified atom stereocenters. The van der Waals surface area contributed by atoms with E-state index >= 15 is 4.79 Å². The smallest absolute Gasteiger partial charge is 0.397 e. The number of nitrogens with zero attached hydrogens (tertiary/aromatic N) is 1. The average molecular weight is 1190 g/mol. The van der Waals surface area contributed by atoms with Crippen LogP contribution in [0.25, 0.3) is 10.9 Å². The number of hydrogen-bond acceptors (Lipinski definition) is 18. The van der Waals surface area contributed by atoms with Crippen LogP contribution in [0.4, 0.5) is 0 Å². The number of phenolic OH excluding ortho intramolecular Hbond substituents is 1. The number of nitrogens with one attached hydrogen (secondary N) is 6. The Bertz CT molecular complexity index is 2900. The molecule has 0 saturated heterocycles. The molecule has 0 fully saturated rings. The zero-order valence-corrected chi connectivity index (χ0v) is 47.5. The summed E-state index contributed by atoms with van der Waals surface area (Å²) < 4.78 is 38.8. The number of carbonyl (C=O) groups is 9. The molecule has 0 saturated carbocycles. The predicted molar refractivity (Wildman–Crippen MR) is 304 cm³/mol. The first-order valence-corrected chi connectivity index (χ1v) is 30.0. The van der Waals surface area contributed by atoms with Gasteiger partial charge < -0.3 is 59.0 Å². The minimum absolute atomic E-state index is 0.0115. The fraction of sp³-hybridized carbons (Fsp3) is 0.453. The summed E-state index contributed by atoms with van der Waals surface area (Å²) in [5.74, 6) is -9.35. The number of carboxylic acids is 1. The number of rotatable bonds is 35. The van der Waals surface area contributed by atoms with Gasteiger partial charge in [-0.3, -0.25) is 47.7 Å². The van der Waals surface area contributed by atoms with E-state index in [-0.39, 0.29) is 55.1 Å². The third-order valence-corrected chi connectivity index (χ3v) is 14.6. The SMILES string of the molecule is CSCC[C@H](NC(=O)[C@@H](N)Cc1ccc(O)cc1)C(=O)N[C@H](C(=O)N[C@@H](Cc1c[nH]c2ccccc12)C(=O)N(C(=O)[C@H](CCSC)NCCCCCC(=O)NC(Cc1ccccc1)C(N)=O)C(=O)[C@@H](N)CC(=O)O)[C@@H](C)OS(=O)(=O)O. The number of unbranched alkanes of at least 4 members (excludes halogenated alkanes) is 2. The van der Waals surface area contributed by atoms with Crippen molar-refractivity contribution < 1.29 is 70.5 Å². The van der Waals surface area contributed by atoms with Crippen LogP contribution in [0.3, 0.4) is 0 Å². The molecule has 8 atom stereocenters. The highest BCUT2D eigenvalue weighted by Gasteiger charge is 2.42. The van der Waals surface area contributed by atoms with Gasteiger partial charge in [0.15, 0.2) is 0 Å². The van der Waals surface area contributed by atoms with E-state index in [9.17, 15) is 61.5 Å². The molecule has 81 heavy (non-hydrogen) atoms. The van der Waals surface area contributed by atoms with Crippen LogP contribution < -0.4 is 43.8 Å². The first-order valence-electron chi connectivity index (χ1n) is 25.8. The fourth-order valence-electron chi connectivity index (χ4n) is 8.47. The second-order valence-corrected chi connectivity index (χ2v) is 22.0. The van der Waals surface area contributed by atoms with Crippen LogP contribution in [-0.4, -0.2) is 165 Å². The van der Waals surface area contributed by atoms with Crippen LogP contribution in [0.1, 0.15) is 68.6 Å². The van der Waals surface area contributed by atoms with Crippen molar-refractivity contribution in [2.24, 2.45) is 17.2 Å². The van der Waals surface area contributed by atoms with E-state index in [0.29, 0.717) is 47.0 Å². The van der Waals surface area contributed by atoms with Crippen LogP contribution in [0, 0.1) is 0 Å². The van der Waals surface area contributed by atoms with Crippen molar-refractivity contribution >= 4 is 98.1 Å². The van der Waals surface area contributed by atoms with Gasteiger partial charge in [-0.25, -0.2) is 9.08 Å². The number of nitrogens with two attached hydrogens (primary N) is 3. The van der Waals surface area contributed by atoms with Crippen LogP contribution in [0.5, 0.6) is 5.75 Å². The number of fused-ring (bicyclic) bond motifs is 1. The number of para-hydroxylation sites is 1. The number of thioether (sulfide) groups is 2. The van der Waals surface area contributed by atoms with Gasteiger partial charge in [-0.15, -0.1) is 0 Å². The molecule has 4 aromatic rings. The quantitative estimate of drug-likeness (QED) is 0.0221. The van der Waals surface area contributed by atoms with E-state index in [1.807, 2.05) is 6.07 Å². The fourth-order valence-corrected chi connectivity index (χ4v) is 9.91. The van der Waals surface area contributed by atoms with Gasteiger partial charge in [-0.1, -0.05) is 67.1 Å². The number of phenols is 1. The number of imide groups is 3. The Balaban J connectivity index is 1.65. The van der Waals surface area contributed by atoms with Crippen molar-refractivity contribution in [2.75, 3.05) is 30.6 Å². The molecule has 0 aliphatic heterocycles. The number of amides is 8.